The van der Waals surface area contributed by atoms with E-state index in [0.29, 0.717) is 18.0 Å². The third-order valence-electron chi connectivity index (χ3n) is 4.66. The van der Waals surface area contributed by atoms with Gasteiger partial charge in [0.1, 0.15) is 5.75 Å². The first-order chi connectivity index (χ1) is 12.8. The lowest BCUT2D eigenvalue weighted by Gasteiger charge is -2.23. The molecule has 5 heteroatoms. The van der Waals surface area contributed by atoms with Crippen LogP contribution in [-0.2, 0) is 11.3 Å². The second kappa shape index (κ2) is 8.80. The highest BCUT2D eigenvalue weighted by atomic mass is 16.5. The first-order valence-electron chi connectivity index (χ1n) is 8.97. The van der Waals surface area contributed by atoms with Crippen molar-refractivity contribution in [2.45, 2.75) is 40.3 Å². The van der Waals surface area contributed by atoms with Gasteiger partial charge in [0.25, 0.3) is 5.91 Å². The molecule has 0 aliphatic heterocycles. The predicted octanol–water partition coefficient (Wildman–Crippen LogP) is 4.05. The maximum absolute atomic E-state index is 12.8. The van der Waals surface area contributed by atoms with Gasteiger partial charge in [-0.2, -0.15) is 0 Å². The van der Waals surface area contributed by atoms with Crippen LogP contribution in [0.3, 0.4) is 0 Å². The topological polar surface area (TPSA) is 48.0 Å². The molecule has 2 rings (SSSR count). The molecule has 0 aliphatic rings. The maximum Gasteiger partial charge on any atom is 0.263 e. The van der Waals surface area contributed by atoms with Crippen LogP contribution >= 0.6 is 0 Å². The van der Waals surface area contributed by atoms with Crippen LogP contribution in [-0.4, -0.2) is 38.2 Å². The number of carbonyl (C=O) groups excluding carboxylic acids is 1. The highest BCUT2D eigenvalue weighted by Gasteiger charge is 2.21. The average Bonchev–Trinajstić information content (AvgIpc) is 2.64. The van der Waals surface area contributed by atoms with Crippen molar-refractivity contribution in [3.63, 3.8) is 0 Å². The molecule has 0 heterocycles. The molecule has 2 aromatic carbocycles. The second-order valence-electron chi connectivity index (χ2n) is 6.85. The molecule has 0 aromatic heterocycles. The number of nitrogens with zero attached hydrogens (tertiary/aromatic N) is 1. The molecule has 5 nitrogen and oxygen atoms in total. The Hall–Kier alpha value is -2.69. The van der Waals surface area contributed by atoms with Crippen molar-refractivity contribution < 1.29 is 19.0 Å². The van der Waals surface area contributed by atoms with Crippen LogP contribution in [0.4, 0.5) is 0 Å². The zero-order valence-electron chi connectivity index (χ0n) is 17.3. The van der Waals surface area contributed by atoms with Gasteiger partial charge in [0, 0.05) is 13.6 Å². The standard InChI is InChI=1S/C22H29NO4/c1-14-10-15(2)16(3)20(11-14)27-17(4)22(24)23(5)13-18-8-9-19(25-6)21(12-18)26-7/h8-12,17H,13H2,1-7H3. The van der Waals surface area contributed by atoms with E-state index >= 15 is 0 Å². The zero-order valence-corrected chi connectivity index (χ0v) is 17.3. The molecule has 1 atom stereocenters. The van der Waals surface area contributed by atoms with Crippen molar-refractivity contribution in [2.24, 2.45) is 0 Å². The lowest BCUT2D eigenvalue weighted by Crippen LogP contribution is -2.37. The number of ether oxygens (including phenoxy) is 3. The number of hydrogen-bond donors (Lipinski definition) is 0. The lowest BCUT2D eigenvalue weighted by molar-refractivity contribution is -0.137. The number of methoxy groups -OCH3 is 2. The second-order valence-corrected chi connectivity index (χ2v) is 6.85. The van der Waals surface area contributed by atoms with Crippen LogP contribution in [0.15, 0.2) is 30.3 Å². The summed E-state index contributed by atoms with van der Waals surface area (Å²) in [5.41, 5.74) is 4.29. The van der Waals surface area contributed by atoms with Crippen molar-refractivity contribution in [3.8, 4) is 17.2 Å². The molecule has 0 radical (unpaired) electrons. The molecule has 2 aromatic rings. The van der Waals surface area contributed by atoms with E-state index in [9.17, 15) is 4.79 Å². The Morgan fingerprint density at radius 1 is 1.00 bits per heavy atom. The van der Waals surface area contributed by atoms with E-state index in [1.54, 1.807) is 33.1 Å². The Kier molecular flexibility index (Phi) is 6.72. The van der Waals surface area contributed by atoms with Gasteiger partial charge < -0.3 is 19.1 Å². The van der Waals surface area contributed by atoms with Gasteiger partial charge in [-0.25, -0.2) is 0 Å². The zero-order chi connectivity index (χ0) is 20.1. The fourth-order valence-corrected chi connectivity index (χ4v) is 3.01. The van der Waals surface area contributed by atoms with Gasteiger partial charge in [0.05, 0.1) is 14.2 Å². The molecule has 0 fully saturated rings. The fourth-order valence-electron chi connectivity index (χ4n) is 3.01. The molecule has 0 N–H and O–H groups in total. The summed E-state index contributed by atoms with van der Waals surface area (Å²) in [5, 5.41) is 0. The van der Waals surface area contributed by atoms with Gasteiger partial charge in [-0.05, 0) is 68.1 Å². The Morgan fingerprint density at radius 2 is 1.67 bits per heavy atom. The minimum atomic E-state index is -0.574. The predicted molar refractivity (Wildman–Crippen MR) is 107 cm³/mol. The van der Waals surface area contributed by atoms with Gasteiger partial charge >= 0.3 is 0 Å². The van der Waals surface area contributed by atoms with E-state index in [4.69, 9.17) is 14.2 Å². The van der Waals surface area contributed by atoms with Crippen molar-refractivity contribution in [3.05, 3.63) is 52.6 Å². The summed E-state index contributed by atoms with van der Waals surface area (Å²) < 4.78 is 16.6. The molecule has 0 saturated heterocycles. The molecule has 0 saturated carbocycles. The fraction of sp³-hybridized carbons (Fsp3) is 0.409. The summed E-state index contributed by atoms with van der Waals surface area (Å²) in [6.07, 6.45) is -0.574. The minimum Gasteiger partial charge on any atom is -0.493 e. The Morgan fingerprint density at radius 3 is 2.30 bits per heavy atom. The van der Waals surface area contributed by atoms with E-state index in [1.165, 1.54) is 0 Å². The van der Waals surface area contributed by atoms with Crippen molar-refractivity contribution in [1.29, 1.82) is 0 Å². The number of rotatable bonds is 7. The molecular formula is C22H29NO4. The molecule has 0 aliphatic carbocycles. The molecule has 0 bridgehead atoms. The quantitative estimate of drug-likeness (QED) is 0.737. The summed E-state index contributed by atoms with van der Waals surface area (Å²) in [4.78, 5) is 14.4. The molecule has 0 spiro atoms. The maximum atomic E-state index is 12.8. The van der Waals surface area contributed by atoms with E-state index < -0.39 is 6.10 Å². The highest BCUT2D eigenvalue weighted by Crippen LogP contribution is 2.28. The van der Waals surface area contributed by atoms with Gasteiger partial charge in [-0.3, -0.25) is 4.79 Å². The first kappa shape index (κ1) is 20.6. The first-order valence-corrected chi connectivity index (χ1v) is 8.97. The van der Waals surface area contributed by atoms with Crippen LogP contribution in [0, 0.1) is 20.8 Å². The Bertz CT molecular complexity index is 816. The third kappa shape index (κ3) is 4.94. The lowest BCUT2D eigenvalue weighted by atomic mass is 10.1. The molecular weight excluding hydrogens is 342 g/mol. The van der Waals surface area contributed by atoms with Crippen molar-refractivity contribution in [2.75, 3.05) is 21.3 Å². The van der Waals surface area contributed by atoms with Gasteiger partial charge in [0.2, 0.25) is 0 Å². The van der Waals surface area contributed by atoms with E-state index in [2.05, 4.69) is 6.07 Å². The van der Waals surface area contributed by atoms with Crippen molar-refractivity contribution >= 4 is 5.91 Å². The summed E-state index contributed by atoms with van der Waals surface area (Å²) >= 11 is 0. The molecule has 27 heavy (non-hydrogen) atoms. The number of benzene rings is 2. The molecule has 1 amide bonds. The van der Waals surface area contributed by atoms with Crippen LogP contribution in [0.2, 0.25) is 0 Å². The Balaban J connectivity index is 2.08. The minimum absolute atomic E-state index is 0.0802. The summed E-state index contributed by atoms with van der Waals surface area (Å²) in [6.45, 7) is 8.32. The van der Waals surface area contributed by atoms with Crippen LogP contribution in [0.5, 0.6) is 17.2 Å². The molecule has 1 unspecified atom stereocenters. The Labute approximate surface area is 161 Å². The van der Waals surface area contributed by atoms with Crippen LogP contribution < -0.4 is 14.2 Å². The van der Waals surface area contributed by atoms with Crippen LogP contribution in [0.25, 0.3) is 0 Å². The molecule has 146 valence electrons. The normalized spacial score (nSPS) is 11.7. The largest absolute Gasteiger partial charge is 0.493 e. The number of aryl methyl sites for hydroxylation is 2. The number of hydrogen-bond acceptors (Lipinski definition) is 4. The van der Waals surface area contributed by atoms with Crippen molar-refractivity contribution in [1.82, 2.24) is 4.90 Å². The van der Waals surface area contributed by atoms with Gasteiger partial charge in [-0.1, -0.05) is 12.1 Å². The van der Waals surface area contributed by atoms with Gasteiger partial charge in [-0.15, -0.1) is 0 Å². The SMILES string of the molecule is COc1ccc(CN(C)C(=O)C(C)Oc2cc(C)cc(C)c2C)cc1OC. The average molecular weight is 371 g/mol. The van der Waals surface area contributed by atoms with E-state index in [-0.39, 0.29) is 5.91 Å². The highest BCUT2D eigenvalue weighted by molar-refractivity contribution is 5.80. The van der Waals surface area contributed by atoms with Crippen LogP contribution in [0.1, 0.15) is 29.2 Å². The summed E-state index contributed by atoms with van der Waals surface area (Å²) in [6, 6.07) is 9.72. The number of carbonyl (C=O) groups is 1. The van der Waals surface area contributed by atoms with Gasteiger partial charge in [0.15, 0.2) is 17.6 Å². The number of likely N-dealkylation sites (N-methyl/N-ethyl adjacent to an activating group) is 1. The smallest absolute Gasteiger partial charge is 0.263 e. The monoisotopic (exact) mass is 371 g/mol. The summed E-state index contributed by atoms with van der Waals surface area (Å²) in [5.74, 6) is 1.99. The van der Waals surface area contributed by atoms with E-state index in [0.717, 1.165) is 28.0 Å². The number of amides is 1. The van der Waals surface area contributed by atoms with E-state index in [1.807, 2.05) is 45.0 Å². The summed E-state index contributed by atoms with van der Waals surface area (Å²) in [7, 11) is 4.97. The third-order valence-corrected chi connectivity index (χ3v) is 4.66.